The molecule has 0 bridgehead atoms. The summed E-state index contributed by atoms with van der Waals surface area (Å²) >= 11 is 7.16. The number of ether oxygens (including phenoxy) is 1. The van der Waals surface area contributed by atoms with Gasteiger partial charge in [-0.05, 0) is 22.7 Å². The van der Waals surface area contributed by atoms with Crippen LogP contribution in [-0.4, -0.2) is 13.1 Å². The molecule has 0 atom stereocenters. The summed E-state index contributed by atoms with van der Waals surface area (Å²) in [7, 11) is 1.40. The maximum atomic E-state index is 10.7. The molecule has 17 heavy (non-hydrogen) atoms. The lowest BCUT2D eigenvalue weighted by molar-refractivity contribution is -0.139. The fraction of sp³-hybridized carbons (Fsp3) is 0.154. The summed E-state index contributed by atoms with van der Waals surface area (Å²) < 4.78 is 4.49. The lowest BCUT2D eigenvalue weighted by atomic mass is 10.1. The van der Waals surface area contributed by atoms with Gasteiger partial charge in [0.1, 0.15) is 0 Å². The molecular formula is C13H11ClO2S. The zero-order valence-electron chi connectivity index (χ0n) is 9.27. The summed E-state index contributed by atoms with van der Waals surface area (Å²) in [6, 6.07) is 9.89. The van der Waals surface area contributed by atoms with Gasteiger partial charge in [-0.15, -0.1) is 11.3 Å². The van der Waals surface area contributed by atoms with E-state index in [-0.39, 0.29) is 5.97 Å². The van der Waals surface area contributed by atoms with Crippen molar-refractivity contribution in [2.45, 2.75) is 6.42 Å². The molecule has 0 spiro atoms. The number of methoxy groups -OCH3 is 1. The van der Waals surface area contributed by atoms with E-state index in [9.17, 15) is 4.79 Å². The summed E-state index contributed by atoms with van der Waals surface area (Å²) in [6.07, 6.45) is 0.397. The first-order valence-corrected chi connectivity index (χ1v) is 6.35. The van der Waals surface area contributed by atoms with Gasteiger partial charge in [0, 0.05) is 15.1 Å². The predicted octanol–water partition coefficient (Wildman–Crippen LogP) is 3.40. The number of hydrogen-bond acceptors (Lipinski definition) is 3. The molecule has 0 amide bonds. The van der Waals surface area contributed by atoms with Crippen molar-refractivity contribution in [3.63, 3.8) is 0 Å². The highest BCUT2D eigenvalue weighted by Gasteiger charge is 2.01. The molecule has 0 saturated heterocycles. The second kappa shape index (κ2) is 5.34. The molecule has 1 heterocycles. The average molecular weight is 267 g/mol. The average Bonchev–Trinajstić information content (AvgIpc) is 2.79. The Morgan fingerprint density at radius 2 is 2.24 bits per heavy atom. The van der Waals surface area contributed by atoms with E-state index in [0.717, 1.165) is 9.90 Å². The summed E-state index contributed by atoms with van der Waals surface area (Å²) in [4.78, 5) is 11.7. The first kappa shape index (κ1) is 12.1. The molecule has 3 rings (SSSR count). The van der Waals surface area contributed by atoms with Crippen LogP contribution in [-0.2, 0) is 16.0 Å². The summed E-state index contributed by atoms with van der Waals surface area (Å²) in [5.74, 6) is -0.178. The maximum Gasteiger partial charge on any atom is 0.310 e. The van der Waals surface area contributed by atoms with Crippen LogP contribution in [0.15, 0.2) is 35.7 Å². The number of benzene rings is 1. The van der Waals surface area contributed by atoms with Gasteiger partial charge < -0.3 is 4.74 Å². The van der Waals surface area contributed by atoms with Crippen LogP contribution in [0.2, 0.25) is 5.02 Å². The van der Waals surface area contributed by atoms with Crippen molar-refractivity contribution in [2.75, 3.05) is 7.11 Å². The van der Waals surface area contributed by atoms with E-state index >= 15 is 0 Å². The van der Waals surface area contributed by atoms with Gasteiger partial charge >= 0.3 is 5.97 Å². The molecule has 2 aliphatic rings. The zero-order valence-corrected chi connectivity index (χ0v) is 10.8. The van der Waals surface area contributed by atoms with Crippen molar-refractivity contribution >= 4 is 28.9 Å². The summed E-state index contributed by atoms with van der Waals surface area (Å²) in [5.41, 5.74) is 0. The zero-order chi connectivity index (χ0) is 12.3. The van der Waals surface area contributed by atoms with E-state index in [2.05, 4.69) is 10.8 Å². The molecule has 0 aromatic carbocycles. The third-order valence-corrected chi connectivity index (χ3v) is 3.60. The number of carbonyl (C=O) groups excluding carboxylic acids is 1. The minimum absolute atomic E-state index is 0.178. The molecule has 1 aromatic rings. The Kier molecular flexibility index (Phi) is 3.82. The molecular weight excluding hydrogens is 256 g/mol. The van der Waals surface area contributed by atoms with E-state index in [1.807, 2.05) is 29.6 Å². The Hall–Kier alpha value is -1.32. The van der Waals surface area contributed by atoms with Crippen LogP contribution in [0.5, 0.6) is 0 Å². The second-order valence-corrected chi connectivity index (χ2v) is 4.97. The minimum atomic E-state index is -0.178. The molecule has 0 radical (unpaired) electrons. The van der Waals surface area contributed by atoms with E-state index in [4.69, 9.17) is 11.6 Å². The highest BCUT2D eigenvalue weighted by molar-refractivity contribution is 7.10. The topological polar surface area (TPSA) is 26.3 Å². The molecule has 4 heteroatoms. The second-order valence-electron chi connectivity index (χ2n) is 3.53. The fourth-order valence-corrected chi connectivity index (χ4v) is 2.35. The first-order valence-electron chi connectivity index (χ1n) is 5.10. The third kappa shape index (κ3) is 2.87. The van der Waals surface area contributed by atoms with E-state index < -0.39 is 0 Å². The van der Waals surface area contributed by atoms with Crippen LogP contribution in [0.4, 0.5) is 0 Å². The van der Waals surface area contributed by atoms with Crippen LogP contribution >= 0.6 is 22.9 Å². The number of carbonyl (C=O) groups is 1. The van der Waals surface area contributed by atoms with E-state index in [0.29, 0.717) is 6.42 Å². The smallest absolute Gasteiger partial charge is 0.310 e. The van der Waals surface area contributed by atoms with Crippen LogP contribution in [0.25, 0.3) is 0 Å². The molecule has 0 fully saturated rings. The Bertz CT molecular complexity index is 605. The number of thiophene rings is 1. The van der Waals surface area contributed by atoms with Crippen molar-refractivity contribution < 1.29 is 9.53 Å². The molecule has 1 aromatic heterocycles. The Labute approximate surface area is 108 Å². The van der Waals surface area contributed by atoms with Gasteiger partial charge in [-0.3, -0.25) is 4.79 Å². The highest BCUT2D eigenvalue weighted by Crippen LogP contribution is 2.20. The predicted molar refractivity (Wildman–Crippen MR) is 69.2 cm³/mol. The number of rotatable bonds is 2. The van der Waals surface area contributed by atoms with E-state index in [1.165, 1.54) is 17.5 Å². The Morgan fingerprint density at radius 3 is 2.53 bits per heavy atom. The molecule has 0 unspecified atom stereocenters. The van der Waals surface area contributed by atoms with Crippen molar-refractivity contribution in [2.24, 2.45) is 0 Å². The number of esters is 1. The minimum Gasteiger partial charge on any atom is -0.469 e. The summed E-state index contributed by atoms with van der Waals surface area (Å²) in [6.45, 7) is 0. The normalized spacial score (nSPS) is 10.2. The van der Waals surface area contributed by atoms with Gasteiger partial charge in [0.25, 0.3) is 0 Å². The monoisotopic (exact) mass is 266 g/mol. The largest absolute Gasteiger partial charge is 0.469 e. The number of halogens is 1. The van der Waals surface area contributed by atoms with Crippen LogP contribution < -0.4 is 0 Å². The molecule has 2 aliphatic carbocycles. The van der Waals surface area contributed by atoms with Crippen molar-refractivity contribution in [1.29, 1.82) is 0 Å². The fourth-order valence-electron chi connectivity index (χ4n) is 1.37. The molecule has 0 saturated carbocycles. The van der Waals surface area contributed by atoms with Gasteiger partial charge in [-0.2, -0.15) is 0 Å². The number of hydrogen-bond donors (Lipinski definition) is 0. The van der Waals surface area contributed by atoms with Gasteiger partial charge in [0.05, 0.1) is 13.5 Å². The van der Waals surface area contributed by atoms with E-state index in [1.54, 1.807) is 11.3 Å². The standard InChI is InChI=1S/C7H8O2S.C6H3Cl/c1-9-7(8)5-6-3-2-4-10-6;7-6-3-4-1-2-5(4)6/h2-4H,5H2,1H3;1-3H. The molecule has 2 nitrogen and oxygen atoms in total. The van der Waals surface area contributed by atoms with Gasteiger partial charge in [0.2, 0.25) is 0 Å². The summed E-state index contributed by atoms with van der Waals surface area (Å²) in [5, 5.41) is 5.40. The lowest BCUT2D eigenvalue weighted by Gasteiger charge is -2.01. The molecule has 88 valence electrons. The Morgan fingerprint density at radius 1 is 1.41 bits per heavy atom. The van der Waals surface area contributed by atoms with Crippen molar-refractivity contribution in [3.05, 3.63) is 56.0 Å². The maximum absolute atomic E-state index is 10.7. The van der Waals surface area contributed by atoms with Gasteiger partial charge in [-0.25, -0.2) is 0 Å². The first-order chi connectivity index (χ1) is 8.20. The molecule has 0 aliphatic heterocycles. The van der Waals surface area contributed by atoms with Gasteiger partial charge in [0.15, 0.2) is 0 Å². The van der Waals surface area contributed by atoms with Crippen molar-refractivity contribution in [3.8, 4) is 0 Å². The molecule has 0 N–H and O–H groups in total. The van der Waals surface area contributed by atoms with Crippen LogP contribution in [0.1, 0.15) is 4.88 Å². The Balaban J connectivity index is 0.000000134. The van der Waals surface area contributed by atoms with Crippen LogP contribution in [0, 0.1) is 10.4 Å². The SMILES string of the molecule is COC(=O)Cc1cccs1.Clc1cc2ccc1=2. The highest BCUT2D eigenvalue weighted by atomic mass is 35.5. The quantitative estimate of drug-likeness (QED) is 0.665. The van der Waals surface area contributed by atoms with Gasteiger partial charge in [-0.1, -0.05) is 29.8 Å². The van der Waals surface area contributed by atoms with Crippen molar-refractivity contribution in [1.82, 2.24) is 0 Å². The lowest BCUT2D eigenvalue weighted by Crippen LogP contribution is -2.02. The third-order valence-electron chi connectivity index (χ3n) is 2.41. The van der Waals surface area contributed by atoms with Crippen LogP contribution in [0.3, 0.4) is 0 Å².